The van der Waals surface area contributed by atoms with Crippen molar-refractivity contribution in [3.63, 3.8) is 0 Å². The van der Waals surface area contributed by atoms with Gasteiger partial charge in [-0.3, -0.25) is 0 Å². The van der Waals surface area contributed by atoms with Crippen molar-refractivity contribution in [1.29, 1.82) is 0 Å². The van der Waals surface area contributed by atoms with E-state index in [2.05, 4.69) is 33.8 Å². The van der Waals surface area contributed by atoms with Crippen LogP contribution in [0.5, 0.6) is 11.5 Å². The van der Waals surface area contributed by atoms with Crippen LogP contribution in [0.15, 0.2) is 42.2 Å². The highest BCUT2D eigenvalue weighted by atomic mass is 16.5. The summed E-state index contributed by atoms with van der Waals surface area (Å²) in [4.78, 5) is 0. The highest BCUT2D eigenvalue weighted by Gasteiger charge is 2.20. The highest BCUT2D eigenvalue weighted by molar-refractivity contribution is 5.43. The van der Waals surface area contributed by atoms with Crippen LogP contribution < -0.4 is 4.74 Å². The summed E-state index contributed by atoms with van der Waals surface area (Å²) in [5.41, 5.74) is 0.806. The van der Waals surface area contributed by atoms with Crippen LogP contribution in [0.2, 0.25) is 0 Å². The first-order valence-corrected chi connectivity index (χ1v) is 6.76. The summed E-state index contributed by atoms with van der Waals surface area (Å²) in [6.45, 7) is 8.39. The minimum Gasteiger partial charge on any atom is -0.508 e. The van der Waals surface area contributed by atoms with E-state index < -0.39 is 0 Å². The van der Waals surface area contributed by atoms with E-state index in [1.165, 1.54) is 0 Å². The SMILES string of the molecule is CC1CC=CC=C1Oc1ccc(O)c(C(C)(C)C)c1. The van der Waals surface area contributed by atoms with Crippen molar-refractivity contribution in [3.05, 3.63) is 47.7 Å². The maximum atomic E-state index is 9.95. The van der Waals surface area contributed by atoms with Crippen molar-refractivity contribution < 1.29 is 9.84 Å². The van der Waals surface area contributed by atoms with Crippen molar-refractivity contribution in [3.8, 4) is 11.5 Å². The number of phenols is 1. The number of hydrogen-bond donors (Lipinski definition) is 1. The topological polar surface area (TPSA) is 29.5 Å². The maximum absolute atomic E-state index is 9.95. The van der Waals surface area contributed by atoms with E-state index in [0.29, 0.717) is 11.7 Å². The lowest BCUT2D eigenvalue weighted by Crippen LogP contribution is -2.12. The van der Waals surface area contributed by atoms with Gasteiger partial charge in [0.25, 0.3) is 0 Å². The first-order valence-electron chi connectivity index (χ1n) is 6.76. The molecule has 1 aromatic rings. The van der Waals surface area contributed by atoms with Gasteiger partial charge in [0.2, 0.25) is 0 Å². The Bertz CT molecular complexity index is 519. The van der Waals surface area contributed by atoms with Gasteiger partial charge in [-0.15, -0.1) is 0 Å². The standard InChI is InChI=1S/C17H22O2/c1-12-7-5-6-8-16(12)19-13-9-10-15(18)14(11-13)17(2,3)4/h5-6,8-12,18H,7H2,1-4H3. The number of aromatic hydroxyl groups is 1. The Balaban J connectivity index is 2.27. The monoisotopic (exact) mass is 258 g/mol. The molecule has 0 spiro atoms. The van der Waals surface area contributed by atoms with Gasteiger partial charge >= 0.3 is 0 Å². The molecular formula is C17H22O2. The van der Waals surface area contributed by atoms with E-state index in [-0.39, 0.29) is 5.41 Å². The fourth-order valence-electron chi connectivity index (χ4n) is 2.18. The molecule has 1 unspecified atom stereocenters. The Morgan fingerprint density at radius 1 is 1.26 bits per heavy atom. The van der Waals surface area contributed by atoms with Crippen LogP contribution in [0.3, 0.4) is 0 Å². The molecule has 0 aliphatic heterocycles. The highest BCUT2D eigenvalue weighted by Crippen LogP contribution is 2.34. The summed E-state index contributed by atoms with van der Waals surface area (Å²) in [6.07, 6.45) is 7.20. The normalized spacial score (nSPS) is 19.2. The Morgan fingerprint density at radius 2 is 2.00 bits per heavy atom. The van der Waals surface area contributed by atoms with Crippen LogP contribution in [0.1, 0.15) is 39.7 Å². The predicted molar refractivity (Wildman–Crippen MR) is 78.4 cm³/mol. The Hall–Kier alpha value is -1.70. The second-order valence-electron chi connectivity index (χ2n) is 6.16. The largest absolute Gasteiger partial charge is 0.508 e. The van der Waals surface area contributed by atoms with Gasteiger partial charge in [0.05, 0.1) is 0 Å². The predicted octanol–water partition coefficient (Wildman–Crippen LogP) is 4.55. The minimum absolute atomic E-state index is 0.101. The smallest absolute Gasteiger partial charge is 0.127 e. The van der Waals surface area contributed by atoms with E-state index >= 15 is 0 Å². The molecule has 2 rings (SSSR count). The molecule has 0 fully saturated rings. The fraction of sp³-hybridized carbons (Fsp3) is 0.412. The van der Waals surface area contributed by atoms with Crippen molar-refractivity contribution in [2.24, 2.45) is 5.92 Å². The van der Waals surface area contributed by atoms with Gasteiger partial charge in [0.15, 0.2) is 0 Å². The minimum atomic E-state index is -0.101. The molecular weight excluding hydrogens is 236 g/mol. The van der Waals surface area contributed by atoms with Gasteiger partial charge in [0.1, 0.15) is 17.3 Å². The molecule has 1 aliphatic rings. The molecule has 2 nitrogen and oxygen atoms in total. The van der Waals surface area contributed by atoms with E-state index in [9.17, 15) is 5.11 Å². The maximum Gasteiger partial charge on any atom is 0.127 e. The third-order valence-electron chi connectivity index (χ3n) is 3.38. The lowest BCUT2D eigenvalue weighted by molar-refractivity contribution is 0.353. The zero-order chi connectivity index (χ0) is 14.0. The molecule has 0 saturated heterocycles. The van der Waals surface area contributed by atoms with E-state index in [1.54, 1.807) is 6.07 Å². The van der Waals surface area contributed by atoms with Crippen LogP contribution in [-0.2, 0) is 5.41 Å². The molecule has 1 atom stereocenters. The summed E-state index contributed by atoms with van der Waals surface area (Å²) in [6, 6.07) is 5.46. The molecule has 0 amide bonds. The molecule has 0 bridgehead atoms. The average Bonchev–Trinajstić information content (AvgIpc) is 2.33. The van der Waals surface area contributed by atoms with Gasteiger partial charge < -0.3 is 9.84 Å². The number of allylic oxidation sites excluding steroid dienone is 4. The molecule has 1 N–H and O–H groups in total. The third kappa shape index (κ3) is 3.19. The van der Waals surface area contributed by atoms with Crippen LogP contribution in [-0.4, -0.2) is 5.11 Å². The van der Waals surface area contributed by atoms with Gasteiger partial charge in [0, 0.05) is 11.5 Å². The molecule has 1 aliphatic carbocycles. The van der Waals surface area contributed by atoms with Gasteiger partial charge in [-0.25, -0.2) is 0 Å². The lowest BCUT2D eigenvalue weighted by Gasteiger charge is -2.23. The summed E-state index contributed by atoms with van der Waals surface area (Å²) in [7, 11) is 0. The summed E-state index contributed by atoms with van der Waals surface area (Å²) >= 11 is 0. The molecule has 0 radical (unpaired) electrons. The first-order chi connectivity index (χ1) is 8.88. The summed E-state index contributed by atoms with van der Waals surface area (Å²) in [5, 5.41) is 9.95. The number of hydrogen-bond acceptors (Lipinski definition) is 2. The first kappa shape index (κ1) is 13.7. The zero-order valence-corrected chi connectivity index (χ0v) is 12.1. The van der Waals surface area contributed by atoms with Crippen LogP contribution in [0, 0.1) is 5.92 Å². The van der Waals surface area contributed by atoms with Crippen molar-refractivity contribution in [1.82, 2.24) is 0 Å². The molecule has 0 saturated carbocycles. The van der Waals surface area contributed by atoms with Gasteiger partial charge in [-0.05, 0) is 36.1 Å². The summed E-state index contributed by atoms with van der Waals surface area (Å²) in [5.74, 6) is 2.49. The second kappa shape index (κ2) is 5.12. The van der Waals surface area contributed by atoms with Crippen LogP contribution in [0.25, 0.3) is 0 Å². The van der Waals surface area contributed by atoms with Crippen LogP contribution >= 0.6 is 0 Å². The Morgan fingerprint density at radius 3 is 2.63 bits per heavy atom. The number of rotatable bonds is 2. The molecule has 102 valence electrons. The van der Waals surface area contributed by atoms with E-state index in [1.807, 2.05) is 24.3 Å². The van der Waals surface area contributed by atoms with Gasteiger partial charge in [-0.1, -0.05) is 39.8 Å². The van der Waals surface area contributed by atoms with Crippen molar-refractivity contribution in [2.45, 2.75) is 39.5 Å². The second-order valence-corrected chi connectivity index (χ2v) is 6.16. The molecule has 2 heteroatoms. The molecule has 0 heterocycles. The van der Waals surface area contributed by atoms with Crippen molar-refractivity contribution >= 4 is 0 Å². The van der Waals surface area contributed by atoms with E-state index in [0.717, 1.165) is 23.5 Å². The number of phenolic OH excluding ortho intramolecular Hbond substituents is 1. The lowest BCUT2D eigenvalue weighted by atomic mass is 9.86. The van der Waals surface area contributed by atoms with Crippen molar-refractivity contribution in [2.75, 3.05) is 0 Å². The molecule has 0 aromatic heterocycles. The average molecular weight is 258 g/mol. The Kier molecular flexibility index (Phi) is 3.70. The summed E-state index contributed by atoms with van der Waals surface area (Å²) < 4.78 is 5.96. The zero-order valence-electron chi connectivity index (χ0n) is 12.1. The quantitative estimate of drug-likeness (QED) is 0.843. The fourth-order valence-corrected chi connectivity index (χ4v) is 2.18. The Labute approximate surface area is 115 Å². The van der Waals surface area contributed by atoms with Gasteiger partial charge in [-0.2, -0.15) is 0 Å². The molecule has 1 aromatic carbocycles. The number of ether oxygens (including phenoxy) is 1. The van der Waals surface area contributed by atoms with E-state index in [4.69, 9.17) is 4.74 Å². The molecule has 19 heavy (non-hydrogen) atoms. The van der Waals surface area contributed by atoms with Crippen LogP contribution in [0.4, 0.5) is 0 Å². The number of benzene rings is 1. The third-order valence-corrected chi connectivity index (χ3v) is 3.38.